The molecule has 0 bridgehead atoms. The van der Waals surface area contributed by atoms with Crippen molar-refractivity contribution in [1.82, 2.24) is 4.90 Å². The van der Waals surface area contributed by atoms with Crippen LogP contribution in [0, 0.1) is 0 Å². The van der Waals surface area contributed by atoms with E-state index in [1.54, 1.807) is 0 Å². The fraction of sp³-hybridized carbons (Fsp3) is 0.556. The van der Waals surface area contributed by atoms with Crippen LogP contribution in [0.4, 0.5) is 0 Å². The molecule has 2 heteroatoms. The van der Waals surface area contributed by atoms with Gasteiger partial charge in [0.1, 0.15) is 0 Å². The Labute approximate surface area is 122 Å². The molecule has 1 heterocycles. The topological polar surface area (TPSA) is 12.5 Å². The third-order valence-corrected chi connectivity index (χ3v) is 4.57. The Morgan fingerprint density at radius 3 is 2.65 bits per heavy atom. The van der Waals surface area contributed by atoms with Crippen molar-refractivity contribution in [2.24, 2.45) is 0 Å². The molecule has 2 aliphatic rings. The van der Waals surface area contributed by atoms with Gasteiger partial charge in [-0.1, -0.05) is 43.2 Å². The van der Waals surface area contributed by atoms with E-state index in [0.717, 1.165) is 26.1 Å². The van der Waals surface area contributed by atoms with Crippen LogP contribution in [-0.2, 0) is 4.74 Å². The van der Waals surface area contributed by atoms with Gasteiger partial charge in [0.05, 0.1) is 12.7 Å². The lowest BCUT2D eigenvalue weighted by atomic mass is 9.94. The Morgan fingerprint density at radius 1 is 1.15 bits per heavy atom. The quantitative estimate of drug-likeness (QED) is 0.827. The van der Waals surface area contributed by atoms with E-state index >= 15 is 0 Å². The van der Waals surface area contributed by atoms with Gasteiger partial charge in [-0.25, -0.2) is 0 Å². The second-order valence-corrected chi connectivity index (χ2v) is 6.15. The summed E-state index contributed by atoms with van der Waals surface area (Å²) in [5.41, 5.74) is 4.36. The number of ether oxygens (including phenoxy) is 1. The first-order chi connectivity index (χ1) is 9.83. The molecule has 1 fully saturated rings. The summed E-state index contributed by atoms with van der Waals surface area (Å²) >= 11 is 0. The molecular weight excluding hydrogens is 246 g/mol. The van der Waals surface area contributed by atoms with E-state index in [1.165, 1.54) is 42.4 Å². The monoisotopic (exact) mass is 271 g/mol. The van der Waals surface area contributed by atoms with Crippen molar-refractivity contribution < 1.29 is 4.74 Å². The second kappa shape index (κ2) is 6.55. The Hall–Kier alpha value is -1.12. The normalized spacial score (nSPS) is 21.6. The Morgan fingerprint density at radius 2 is 1.90 bits per heavy atom. The number of likely N-dealkylation sites (N-methyl/N-ethyl adjacent to an activating group) is 1. The summed E-state index contributed by atoms with van der Waals surface area (Å²) in [6.07, 6.45) is 6.87. The van der Waals surface area contributed by atoms with Crippen LogP contribution in [0.2, 0.25) is 0 Å². The average Bonchev–Trinajstić information content (AvgIpc) is 3.00. The fourth-order valence-electron chi connectivity index (χ4n) is 3.30. The molecule has 1 aliphatic carbocycles. The average molecular weight is 271 g/mol. The van der Waals surface area contributed by atoms with Gasteiger partial charge in [-0.2, -0.15) is 0 Å². The first-order valence-electron chi connectivity index (χ1n) is 7.89. The number of hydrogen-bond donors (Lipinski definition) is 0. The zero-order valence-corrected chi connectivity index (χ0v) is 12.5. The molecule has 0 radical (unpaired) electrons. The van der Waals surface area contributed by atoms with Crippen molar-refractivity contribution >= 4 is 5.57 Å². The van der Waals surface area contributed by atoms with E-state index in [2.05, 4.69) is 42.3 Å². The Balaban J connectivity index is 1.75. The van der Waals surface area contributed by atoms with Crippen LogP contribution in [0.1, 0.15) is 37.7 Å². The van der Waals surface area contributed by atoms with Crippen molar-refractivity contribution in [2.75, 3.05) is 26.7 Å². The number of nitrogens with zero attached hydrogens (tertiary/aromatic N) is 1. The second-order valence-electron chi connectivity index (χ2n) is 6.15. The van der Waals surface area contributed by atoms with Gasteiger partial charge in [-0.3, -0.25) is 0 Å². The molecule has 3 rings (SSSR count). The van der Waals surface area contributed by atoms with Crippen LogP contribution in [0.25, 0.3) is 5.57 Å². The van der Waals surface area contributed by atoms with E-state index in [9.17, 15) is 0 Å². The molecule has 0 saturated heterocycles. The maximum Gasteiger partial charge on any atom is 0.0687 e. The summed E-state index contributed by atoms with van der Waals surface area (Å²) in [6.45, 7) is 3.04. The summed E-state index contributed by atoms with van der Waals surface area (Å²) in [5.74, 6) is 0. The van der Waals surface area contributed by atoms with Crippen molar-refractivity contribution in [3.05, 3.63) is 41.5 Å². The molecule has 0 spiro atoms. The molecule has 20 heavy (non-hydrogen) atoms. The summed E-state index contributed by atoms with van der Waals surface area (Å²) in [5, 5.41) is 0. The van der Waals surface area contributed by atoms with Crippen LogP contribution < -0.4 is 0 Å². The third-order valence-electron chi connectivity index (χ3n) is 4.57. The van der Waals surface area contributed by atoms with Gasteiger partial charge in [-0.15, -0.1) is 0 Å². The first-order valence-corrected chi connectivity index (χ1v) is 7.89. The predicted octanol–water partition coefficient (Wildman–Crippen LogP) is 3.73. The zero-order valence-electron chi connectivity index (χ0n) is 12.5. The number of hydrogen-bond acceptors (Lipinski definition) is 2. The first kappa shape index (κ1) is 13.8. The predicted molar refractivity (Wildman–Crippen MR) is 83.7 cm³/mol. The van der Waals surface area contributed by atoms with Gasteiger partial charge in [0.25, 0.3) is 0 Å². The smallest absolute Gasteiger partial charge is 0.0687 e. The van der Waals surface area contributed by atoms with Gasteiger partial charge in [0.15, 0.2) is 0 Å². The van der Waals surface area contributed by atoms with Crippen LogP contribution in [0.15, 0.2) is 35.9 Å². The molecule has 2 nitrogen and oxygen atoms in total. The fourth-order valence-corrected chi connectivity index (χ4v) is 3.30. The maximum absolute atomic E-state index is 6.15. The van der Waals surface area contributed by atoms with Gasteiger partial charge in [-0.05, 0) is 43.0 Å². The molecule has 0 N–H and O–H groups in total. The highest BCUT2D eigenvalue weighted by atomic mass is 16.5. The summed E-state index contributed by atoms with van der Waals surface area (Å²) in [7, 11) is 2.21. The van der Waals surface area contributed by atoms with Gasteiger partial charge in [0.2, 0.25) is 0 Å². The molecule has 1 saturated carbocycles. The number of benzene rings is 1. The van der Waals surface area contributed by atoms with Gasteiger partial charge < -0.3 is 9.64 Å². The van der Waals surface area contributed by atoms with E-state index in [-0.39, 0.29) is 0 Å². The van der Waals surface area contributed by atoms with Crippen molar-refractivity contribution in [2.45, 2.75) is 38.2 Å². The van der Waals surface area contributed by atoms with Crippen LogP contribution >= 0.6 is 0 Å². The van der Waals surface area contributed by atoms with E-state index in [4.69, 9.17) is 4.74 Å². The lowest BCUT2D eigenvalue weighted by Gasteiger charge is -2.28. The van der Waals surface area contributed by atoms with E-state index in [0.29, 0.717) is 6.10 Å². The lowest BCUT2D eigenvalue weighted by Crippen LogP contribution is -2.29. The van der Waals surface area contributed by atoms with Crippen molar-refractivity contribution in [3.8, 4) is 0 Å². The van der Waals surface area contributed by atoms with Crippen molar-refractivity contribution in [1.29, 1.82) is 0 Å². The highest BCUT2D eigenvalue weighted by Crippen LogP contribution is 2.28. The molecule has 1 aliphatic heterocycles. The number of rotatable bonds is 4. The minimum absolute atomic E-state index is 0.513. The minimum Gasteiger partial charge on any atom is -0.374 e. The van der Waals surface area contributed by atoms with E-state index < -0.39 is 0 Å². The summed E-state index contributed by atoms with van der Waals surface area (Å²) < 4.78 is 6.15. The maximum atomic E-state index is 6.15. The standard InChI is InChI=1S/C18H25NO/c1-19-12-11-16(14-20-17-9-5-6-10-17)18(13-19)15-7-3-2-4-8-15/h2-4,7-8,17H,5-6,9-14H2,1H3. The summed E-state index contributed by atoms with van der Waals surface area (Å²) in [6, 6.07) is 10.8. The SMILES string of the molecule is CN1CCC(COC2CCCC2)=C(c2ccccc2)C1. The minimum atomic E-state index is 0.513. The summed E-state index contributed by atoms with van der Waals surface area (Å²) in [4.78, 5) is 2.40. The van der Waals surface area contributed by atoms with Crippen molar-refractivity contribution in [3.63, 3.8) is 0 Å². The molecular formula is C18H25NO. The molecule has 1 aromatic carbocycles. The van der Waals surface area contributed by atoms with Gasteiger partial charge >= 0.3 is 0 Å². The lowest BCUT2D eigenvalue weighted by molar-refractivity contribution is 0.0729. The molecule has 0 amide bonds. The molecule has 0 atom stereocenters. The Kier molecular flexibility index (Phi) is 4.54. The van der Waals surface area contributed by atoms with Crippen LogP contribution in [0.3, 0.4) is 0 Å². The molecule has 108 valence electrons. The largest absolute Gasteiger partial charge is 0.374 e. The van der Waals surface area contributed by atoms with Gasteiger partial charge in [0, 0.05) is 13.1 Å². The van der Waals surface area contributed by atoms with Crippen LogP contribution in [0.5, 0.6) is 0 Å². The molecule has 0 unspecified atom stereocenters. The highest BCUT2D eigenvalue weighted by Gasteiger charge is 2.20. The van der Waals surface area contributed by atoms with Crippen LogP contribution in [-0.4, -0.2) is 37.7 Å². The zero-order chi connectivity index (χ0) is 13.8. The highest BCUT2D eigenvalue weighted by molar-refractivity contribution is 5.71. The van der Waals surface area contributed by atoms with E-state index in [1.807, 2.05) is 0 Å². The third kappa shape index (κ3) is 3.31. The molecule has 1 aromatic rings. The molecule has 0 aromatic heterocycles. The Bertz CT molecular complexity index is 460.